The van der Waals surface area contributed by atoms with Crippen molar-refractivity contribution in [3.05, 3.63) is 59.1 Å². The Morgan fingerprint density at radius 2 is 1.22 bits per heavy atom. The summed E-state index contributed by atoms with van der Waals surface area (Å²) in [5, 5.41) is 0.780. The topological polar surface area (TPSA) is 0 Å². The Morgan fingerprint density at radius 1 is 0.778 bits per heavy atom. The predicted molar refractivity (Wildman–Crippen MR) is 80.7 cm³/mol. The molecule has 2 heteroatoms. The lowest BCUT2D eigenvalue weighted by molar-refractivity contribution is 0.590. The van der Waals surface area contributed by atoms with Crippen LogP contribution in [0.4, 0.5) is 0 Å². The highest BCUT2D eigenvalue weighted by atomic mass is 35.5. The van der Waals surface area contributed by atoms with Crippen LogP contribution < -0.4 is 0 Å². The van der Waals surface area contributed by atoms with Crippen molar-refractivity contribution in [2.45, 2.75) is 36.0 Å². The molecule has 0 aliphatic carbocycles. The van der Waals surface area contributed by atoms with Gasteiger partial charge in [-0.25, -0.2) is 0 Å². The maximum atomic E-state index is 5.88. The average Bonchev–Trinajstić information content (AvgIpc) is 2.32. The lowest BCUT2D eigenvalue weighted by Gasteiger charge is -2.19. The van der Waals surface area contributed by atoms with Crippen molar-refractivity contribution in [1.29, 1.82) is 0 Å². The molecule has 0 atom stereocenters. The Kier molecular flexibility index (Phi) is 4.04. The predicted octanol–water partition coefficient (Wildman–Crippen LogP) is 5.79. The lowest BCUT2D eigenvalue weighted by atomic mass is 9.87. The highest BCUT2D eigenvalue weighted by Crippen LogP contribution is 2.30. The van der Waals surface area contributed by atoms with Crippen LogP contribution in [-0.2, 0) is 5.41 Å². The molecule has 2 rings (SSSR count). The summed E-state index contributed by atoms with van der Waals surface area (Å²) in [6.07, 6.45) is 0. The minimum absolute atomic E-state index is 0.212. The minimum Gasteiger partial charge on any atom is -0.0901 e. The summed E-state index contributed by atoms with van der Waals surface area (Å²) in [5.41, 5.74) is 1.58. The van der Waals surface area contributed by atoms with E-state index in [0.29, 0.717) is 0 Å². The summed E-state index contributed by atoms with van der Waals surface area (Å²) < 4.78 is 0. The van der Waals surface area contributed by atoms with Crippen LogP contribution in [0.5, 0.6) is 0 Å². The van der Waals surface area contributed by atoms with Crippen molar-refractivity contribution < 1.29 is 0 Å². The zero-order valence-electron chi connectivity index (χ0n) is 10.9. The van der Waals surface area contributed by atoms with Gasteiger partial charge in [-0.15, -0.1) is 0 Å². The SMILES string of the molecule is CC(C)(C)c1ccc(Sc2ccc(Cl)cc2)cc1. The van der Waals surface area contributed by atoms with Crippen LogP contribution in [-0.4, -0.2) is 0 Å². The molecule has 0 aliphatic heterocycles. The van der Waals surface area contributed by atoms with Gasteiger partial charge in [0.2, 0.25) is 0 Å². The van der Waals surface area contributed by atoms with Gasteiger partial charge in [-0.05, 0) is 47.4 Å². The van der Waals surface area contributed by atoms with E-state index in [9.17, 15) is 0 Å². The molecule has 0 N–H and O–H groups in total. The zero-order chi connectivity index (χ0) is 13.2. The van der Waals surface area contributed by atoms with Crippen molar-refractivity contribution in [3.63, 3.8) is 0 Å². The van der Waals surface area contributed by atoms with Crippen LogP contribution in [0.2, 0.25) is 5.02 Å². The van der Waals surface area contributed by atoms with E-state index in [1.165, 1.54) is 15.4 Å². The number of benzene rings is 2. The smallest absolute Gasteiger partial charge is 0.0406 e. The van der Waals surface area contributed by atoms with Crippen molar-refractivity contribution in [2.75, 3.05) is 0 Å². The standard InChI is InChI=1S/C16H17ClS/c1-16(2,3)12-4-8-14(9-5-12)18-15-10-6-13(17)7-11-15/h4-11H,1-3H3. The zero-order valence-corrected chi connectivity index (χ0v) is 12.5. The van der Waals surface area contributed by atoms with Gasteiger partial charge in [0, 0.05) is 14.8 Å². The summed E-state index contributed by atoms with van der Waals surface area (Å²) in [4.78, 5) is 2.47. The third-order valence-corrected chi connectivity index (χ3v) is 4.04. The second-order valence-corrected chi connectivity index (χ2v) is 6.91. The quantitative estimate of drug-likeness (QED) is 0.669. The molecule has 18 heavy (non-hydrogen) atoms. The molecule has 0 unspecified atom stereocenters. The fourth-order valence-electron chi connectivity index (χ4n) is 1.66. The van der Waals surface area contributed by atoms with Crippen molar-refractivity contribution in [2.24, 2.45) is 0 Å². The molecule has 2 aromatic rings. The molecule has 0 saturated heterocycles. The van der Waals surface area contributed by atoms with Gasteiger partial charge in [0.05, 0.1) is 0 Å². The molecule has 0 fully saturated rings. The van der Waals surface area contributed by atoms with Crippen molar-refractivity contribution >= 4 is 23.4 Å². The molecule has 0 spiro atoms. The van der Waals surface area contributed by atoms with Crippen molar-refractivity contribution in [3.8, 4) is 0 Å². The van der Waals surface area contributed by atoms with Crippen LogP contribution in [0.25, 0.3) is 0 Å². The van der Waals surface area contributed by atoms with E-state index in [4.69, 9.17) is 11.6 Å². The maximum absolute atomic E-state index is 5.88. The third-order valence-electron chi connectivity index (χ3n) is 2.77. The molecule has 0 radical (unpaired) electrons. The van der Waals surface area contributed by atoms with E-state index in [1.807, 2.05) is 24.3 Å². The summed E-state index contributed by atoms with van der Waals surface area (Å²) in [6, 6.07) is 16.7. The van der Waals surface area contributed by atoms with Crippen LogP contribution in [0, 0.1) is 0 Å². The van der Waals surface area contributed by atoms with Gasteiger partial charge >= 0.3 is 0 Å². The fraction of sp³-hybridized carbons (Fsp3) is 0.250. The first-order chi connectivity index (χ1) is 8.45. The number of halogens is 1. The average molecular weight is 277 g/mol. The van der Waals surface area contributed by atoms with E-state index in [1.54, 1.807) is 11.8 Å². The monoisotopic (exact) mass is 276 g/mol. The van der Waals surface area contributed by atoms with Gasteiger partial charge in [0.1, 0.15) is 0 Å². The van der Waals surface area contributed by atoms with Gasteiger partial charge in [0.25, 0.3) is 0 Å². The third kappa shape index (κ3) is 3.54. The molecule has 0 amide bonds. The Hall–Kier alpha value is -0.920. The van der Waals surface area contributed by atoms with Gasteiger partial charge in [0.15, 0.2) is 0 Å². The van der Waals surface area contributed by atoms with E-state index in [0.717, 1.165) is 5.02 Å². The molecule has 2 aromatic carbocycles. The highest BCUT2D eigenvalue weighted by Gasteiger charge is 2.12. The second-order valence-electron chi connectivity index (χ2n) is 5.33. The molecular weight excluding hydrogens is 260 g/mol. The Labute approximate surface area is 118 Å². The molecule has 0 bridgehead atoms. The molecule has 94 valence electrons. The summed E-state index contributed by atoms with van der Waals surface area (Å²) in [7, 11) is 0. The molecule has 0 heterocycles. The van der Waals surface area contributed by atoms with E-state index in [2.05, 4.69) is 45.0 Å². The van der Waals surface area contributed by atoms with Crippen LogP contribution in [0.1, 0.15) is 26.3 Å². The Balaban J connectivity index is 2.13. The number of hydrogen-bond acceptors (Lipinski definition) is 1. The van der Waals surface area contributed by atoms with Crippen LogP contribution in [0.3, 0.4) is 0 Å². The van der Waals surface area contributed by atoms with Gasteiger partial charge in [-0.1, -0.05) is 56.3 Å². The summed E-state index contributed by atoms with van der Waals surface area (Å²) in [5.74, 6) is 0. The number of rotatable bonds is 2. The largest absolute Gasteiger partial charge is 0.0901 e. The first-order valence-corrected chi connectivity index (χ1v) is 7.18. The maximum Gasteiger partial charge on any atom is 0.0406 e. The van der Waals surface area contributed by atoms with Gasteiger partial charge in [-0.3, -0.25) is 0 Å². The normalized spacial score (nSPS) is 11.6. The molecular formula is C16H17ClS. The lowest BCUT2D eigenvalue weighted by Crippen LogP contribution is -2.10. The van der Waals surface area contributed by atoms with Gasteiger partial charge < -0.3 is 0 Å². The van der Waals surface area contributed by atoms with E-state index < -0.39 is 0 Å². The summed E-state index contributed by atoms with van der Waals surface area (Å²) >= 11 is 7.63. The Bertz CT molecular complexity index is 506. The number of hydrogen-bond donors (Lipinski definition) is 0. The second kappa shape index (κ2) is 5.38. The molecule has 0 saturated carbocycles. The first kappa shape index (κ1) is 13.5. The van der Waals surface area contributed by atoms with E-state index >= 15 is 0 Å². The molecule has 0 aliphatic rings. The first-order valence-electron chi connectivity index (χ1n) is 5.99. The van der Waals surface area contributed by atoms with Gasteiger partial charge in [-0.2, -0.15) is 0 Å². The minimum atomic E-state index is 0.212. The Morgan fingerprint density at radius 3 is 1.67 bits per heavy atom. The molecule has 0 aromatic heterocycles. The van der Waals surface area contributed by atoms with E-state index in [-0.39, 0.29) is 5.41 Å². The molecule has 0 nitrogen and oxygen atoms in total. The highest BCUT2D eigenvalue weighted by molar-refractivity contribution is 7.99. The van der Waals surface area contributed by atoms with Crippen LogP contribution in [0.15, 0.2) is 58.3 Å². The van der Waals surface area contributed by atoms with Crippen molar-refractivity contribution in [1.82, 2.24) is 0 Å². The summed E-state index contributed by atoms with van der Waals surface area (Å²) in [6.45, 7) is 6.69. The fourth-order valence-corrected chi connectivity index (χ4v) is 2.60. The van der Waals surface area contributed by atoms with Crippen LogP contribution >= 0.6 is 23.4 Å².